The Labute approximate surface area is 767 Å². The van der Waals surface area contributed by atoms with Crippen LogP contribution in [0, 0.1) is 5.92 Å². The molecule has 0 aromatic heterocycles. The van der Waals surface area contributed by atoms with Crippen molar-refractivity contribution in [2.45, 2.75) is 214 Å². The van der Waals surface area contributed by atoms with Crippen LogP contribution in [0.5, 0.6) is 57.5 Å². The van der Waals surface area contributed by atoms with E-state index >= 15 is 28.8 Å². The van der Waals surface area contributed by atoms with E-state index < -0.39 is 250 Å². The topological polar surface area (TPSA) is 562 Å². The molecule has 3 fully saturated rings. The molecule has 0 saturated carbocycles. The molecule has 11 bridgehead atoms. The molecule has 8 aliphatic heterocycles. The fourth-order valence-electron chi connectivity index (χ4n) is 16.9. The lowest BCUT2D eigenvalue weighted by Crippen LogP contribution is -2.65. The maximum Gasteiger partial charge on any atom is 0.248 e. The summed E-state index contributed by atoms with van der Waals surface area (Å²) in [5.74, 6) is -13.6. The Morgan fingerprint density at radius 2 is 1.20 bits per heavy atom. The molecule has 0 unspecified atom stereocenters. The zero-order chi connectivity index (χ0) is 94.6. The van der Waals surface area contributed by atoms with Crippen LogP contribution in [0.25, 0.3) is 11.1 Å². The van der Waals surface area contributed by atoms with Crippen LogP contribution in [-0.4, -0.2) is 210 Å². The van der Waals surface area contributed by atoms with Crippen LogP contribution in [-0.2, 0) is 75.1 Å². The minimum Gasteiger partial charge on any atom is -0.508 e. The Balaban J connectivity index is 0.966. The minimum atomic E-state index is -2.39. The normalized spacial score (nSPS) is 28.7. The van der Waals surface area contributed by atoms with Gasteiger partial charge in [-0.25, -0.2) is 0 Å². The number of likely N-dealkylation sites (N-methyl/N-ethyl adjacent to an activating group) is 1. The van der Waals surface area contributed by atoms with Crippen LogP contribution < -0.4 is 78.3 Å². The van der Waals surface area contributed by atoms with E-state index in [0.717, 1.165) is 54.1 Å². The summed E-state index contributed by atoms with van der Waals surface area (Å²) in [4.78, 5) is 124. The van der Waals surface area contributed by atoms with Gasteiger partial charge in [-0.3, -0.25) is 38.4 Å². The molecule has 3 saturated heterocycles. The van der Waals surface area contributed by atoms with Crippen molar-refractivity contribution in [3.05, 3.63) is 213 Å². The van der Waals surface area contributed by atoms with Crippen molar-refractivity contribution < 1.29 is 127 Å². The summed E-state index contributed by atoms with van der Waals surface area (Å²) in [6.07, 6.45) is -22.9. The van der Waals surface area contributed by atoms with Crippen LogP contribution in [0.4, 0.5) is 0 Å². The molecule has 132 heavy (non-hydrogen) atoms. The lowest BCUT2D eigenvalue weighted by atomic mass is 9.84. The van der Waals surface area contributed by atoms with E-state index in [1.54, 1.807) is 56.3 Å². The number of carbonyl (C=O) groups is 8. The summed E-state index contributed by atoms with van der Waals surface area (Å²) in [5.41, 5.74) is 8.96. The molecule has 37 nitrogen and oxygen atoms in total. The molecule has 702 valence electrons. The second-order valence-corrected chi connectivity index (χ2v) is 35.3. The number of fused-ring (bicyclic) bond motifs is 15. The molecule has 8 aromatic rings. The lowest BCUT2D eigenvalue weighted by molar-refractivity contribution is -0.334. The first-order chi connectivity index (χ1) is 62.8. The van der Waals surface area contributed by atoms with Crippen molar-refractivity contribution in [3.63, 3.8) is 0 Å². The van der Waals surface area contributed by atoms with Gasteiger partial charge in [-0.2, -0.15) is 0 Å². The predicted octanol–water partition coefficient (Wildman–Crippen LogP) is 5.20. The van der Waals surface area contributed by atoms with Crippen LogP contribution in [0.1, 0.15) is 137 Å². The van der Waals surface area contributed by atoms with Gasteiger partial charge in [-0.1, -0.05) is 116 Å². The fraction of sp³-hybridized carbons (Fsp3) is 0.398. The smallest absolute Gasteiger partial charge is 0.248 e. The Hall–Kier alpha value is -11.9. The summed E-state index contributed by atoms with van der Waals surface area (Å²) in [6, 6.07) is 25.5. The van der Waals surface area contributed by atoms with E-state index in [-0.39, 0.29) is 77.0 Å². The maximum absolute atomic E-state index is 16.7. The highest BCUT2D eigenvalue weighted by Gasteiger charge is 2.53. The van der Waals surface area contributed by atoms with Gasteiger partial charge in [0.15, 0.2) is 30.2 Å². The monoisotopic (exact) mass is 1860 g/mol. The maximum atomic E-state index is 16.7. The van der Waals surface area contributed by atoms with Crippen LogP contribution in [0.3, 0.4) is 0 Å². The molecule has 0 radical (unpaired) electrons. The molecule has 0 aliphatic carbocycles. The van der Waals surface area contributed by atoms with Crippen LogP contribution in [0.2, 0.25) is 10.0 Å². The number of nitrogens with two attached hydrogens (primary N) is 2. The van der Waals surface area contributed by atoms with Crippen molar-refractivity contribution in [1.82, 2.24) is 47.9 Å². The number of aliphatic hydroxyl groups excluding tert-OH is 6. The number of amides is 8. The molecule has 8 aliphatic rings. The van der Waals surface area contributed by atoms with Crippen molar-refractivity contribution in [2.75, 3.05) is 13.7 Å². The molecule has 8 aromatic carbocycles. The van der Waals surface area contributed by atoms with E-state index in [2.05, 4.69) is 47.9 Å². The Morgan fingerprint density at radius 1 is 0.606 bits per heavy atom. The Bertz CT molecular complexity index is 5600. The highest BCUT2D eigenvalue weighted by molar-refractivity contribution is 6.32. The van der Waals surface area contributed by atoms with E-state index in [0.29, 0.717) is 17.1 Å². The van der Waals surface area contributed by atoms with E-state index in [1.165, 1.54) is 51.2 Å². The van der Waals surface area contributed by atoms with Crippen molar-refractivity contribution in [1.29, 1.82) is 0 Å². The summed E-state index contributed by atoms with van der Waals surface area (Å²) in [5, 5.41) is 131. The lowest BCUT2D eigenvalue weighted by Gasteiger charge is -2.48. The number of hydrogen-bond donors (Lipinski definition) is 20. The number of benzene rings is 8. The number of halogens is 2. The number of rotatable bonds is 22. The molecule has 0 spiro atoms. The number of phenolic OH excluding ortho intramolecular Hbond substituents is 3. The zero-order valence-electron chi connectivity index (χ0n) is 72.5. The SMILES string of the molecule is CN[C@H](CC(C)C)C(=O)N[C@H]1C(=O)N[C@@H](CC(N)=O)C(=O)N[C@H]2C(=O)N[C@H]3C(=O)N[C@H](C(=O)N[C@H](C(=O)NCc4ccccc4)c4cc(O)cc(O)c4-c4cc3ccc4O)[C@H](O[C@H]3C[C@](C)(N)[C@@H](O)[C@H](C)O3)c3ccc(c(Cl)c3)Oc3cc2cc(c3O[C@@H]2O[C@H](CO)[C@@H](O)[C@H](O)[C@H]2O[C@H]2C[C@](C)(NCc3ccc(Oc4ccccc4)cc3)[C@@H](O)[C@H](C)O2)Oc2ccc(cc2Cl)[C@H]1O. The highest BCUT2D eigenvalue weighted by Crippen LogP contribution is 2.51. The number of ether oxygens (including phenoxy) is 9. The number of primary amides is 1. The third-order valence-electron chi connectivity index (χ3n) is 24.0. The van der Waals surface area contributed by atoms with Crippen molar-refractivity contribution in [3.8, 4) is 68.6 Å². The first-order valence-electron chi connectivity index (χ1n) is 42.8. The van der Waals surface area contributed by atoms with Gasteiger partial charge in [0, 0.05) is 54.2 Å². The number of carbonyl (C=O) groups excluding carboxylic acids is 8. The second-order valence-electron chi connectivity index (χ2n) is 34.4. The first kappa shape index (κ1) is 96.2. The van der Waals surface area contributed by atoms with Crippen molar-refractivity contribution in [2.24, 2.45) is 17.4 Å². The summed E-state index contributed by atoms with van der Waals surface area (Å²) >= 11 is 14.8. The summed E-state index contributed by atoms with van der Waals surface area (Å²) < 4.78 is 59.4. The van der Waals surface area contributed by atoms with Gasteiger partial charge in [-0.05, 0) is 165 Å². The van der Waals surface area contributed by atoms with E-state index in [4.69, 9.17) is 77.3 Å². The third-order valence-corrected chi connectivity index (χ3v) is 24.6. The average Bonchev–Trinajstić information content (AvgIpc) is 0.763. The van der Waals surface area contributed by atoms with Crippen molar-refractivity contribution >= 4 is 70.5 Å². The molecule has 16 rings (SSSR count). The van der Waals surface area contributed by atoms with Crippen LogP contribution in [0.15, 0.2) is 164 Å². The van der Waals surface area contributed by atoms with E-state index in [9.17, 15) is 55.5 Å². The largest absolute Gasteiger partial charge is 0.508 e. The molecular weight excluding hydrogens is 1760 g/mol. The van der Waals surface area contributed by atoms with Gasteiger partial charge in [-0.15, -0.1) is 0 Å². The Kier molecular flexibility index (Phi) is 29.7. The van der Waals surface area contributed by atoms with Gasteiger partial charge < -0.3 is 148 Å². The standard InChI is InChI=1S/C93H105Cl2N11O26/c1-42(2)28-58(98-7)84(117)105-74-76(112)48-21-26-62(56(94)30-48)127-64-32-50-33-65(80(64)132-91-81(78(114)77(113)66(41-107)129-91)131-69-38-93(6,83(116)44(4)125-69)100-40-46-18-23-53(24-19-46)126-52-16-12-9-13-17-52)128-63-27-22-49(31-57(63)95)79(130-68-37-92(5,97)82(115)43(3)124-68)75-90(123)104-73(86(119)99-39-45-14-10-8-11-15-45)55-34-51(108)35-61(110)70(55)54-29-47(20-25-60(54)109)71(87(120)106-75)103-88(121)72(50)102-85(118)59(36-67(96)111)101-89(74)122/h8-27,29-35,42-44,58-59,66,68-69,71-79,81-83,91,98,100,107-110,112-116H,28,36-41,97H2,1-7H3,(H2,96,111)(H,99,119)(H,101,122)(H,102,118)(H,103,121)(H,104,123)(H,105,117)(H,106,120)/t43-,44-,58+,59-,66+,68-,69-,71+,72+,73-,74+,75-,76+,77+,78-,79+,81+,82-,83-,91-,92-,93-/m0/s1. The number of hydrogen-bond acceptors (Lipinski definition) is 29. The van der Waals surface area contributed by atoms with Gasteiger partial charge in [0.05, 0.1) is 53.5 Å². The quantitative estimate of drug-likeness (QED) is 0.0414. The third kappa shape index (κ3) is 21.6. The minimum absolute atomic E-state index is 0.117. The molecule has 8 amide bonds. The average molecular weight is 1860 g/mol. The number of aromatic hydroxyl groups is 3. The predicted molar refractivity (Wildman–Crippen MR) is 472 cm³/mol. The molecule has 39 heteroatoms. The summed E-state index contributed by atoms with van der Waals surface area (Å²) in [6.45, 7) is 8.94. The number of phenols is 3. The summed E-state index contributed by atoms with van der Waals surface area (Å²) in [7, 11) is 1.48. The molecule has 22 atom stereocenters. The zero-order valence-corrected chi connectivity index (χ0v) is 74.1. The van der Waals surface area contributed by atoms with Crippen LogP contribution >= 0.6 is 23.2 Å². The van der Waals surface area contributed by atoms with Gasteiger partial charge in [0.2, 0.25) is 59.3 Å². The van der Waals surface area contributed by atoms with Gasteiger partial charge in [0.1, 0.15) is 107 Å². The second kappa shape index (κ2) is 40.7. The highest BCUT2D eigenvalue weighted by atomic mass is 35.5. The fourth-order valence-corrected chi connectivity index (χ4v) is 17.4. The Morgan fingerprint density at radius 3 is 1.84 bits per heavy atom. The van der Waals surface area contributed by atoms with Gasteiger partial charge in [0.25, 0.3) is 0 Å². The molecular formula is C93H105Cl2N11O26. The molecule has 22 N–H and O–H groups in total. The number of para-hydroxylation sites is 1. The number of aliphatic hydroxyl groups is 6. The number of nitrogens with one attached hydrogen (secondary N) is 9. The van der Waals surface area contributed by atoms with Gasteiger partial charge >= 0.3 is 0 Å². The van der Waals surface area contributed by atoms with E-state index in [1.807, 2.05) is 56.3 Å². The first-order valence-corrected chi connectivity index (χ1v) is 43.5. The molecule has 8 heterocycles.